The van der Waals surface area contributed by atoms with Gasteiger partial charge in [-0.25, -0.2) is 0 Å². The van der Waals surface area contributed by atoms with Crippen molar-refractivity contribution in [3.05, 3.63) is 87.8 Å². The highest BCUT2D eigenvalue weighted by molar-refractivity contribution is 6.31. The van der Waals surface area contributed by atoms with Gasteiger partial charge in [0.1, 0.15) is 6.33 Å². The molecule has 0 bridgehead atoms. The van der Waals surface area contributed by atoms with E-state index in [9.17, 15) is 14.4 Å². The molecule has 1 unspecified atom stereocenters. The number of carbonyl (C=O) groups excluding carboxylic acids is 3. The molecule has 0 aliphatic rings. The van der Waals surface area contributed by atoms with Gasteiger partial charge in [0.15, 0.2) is 5.15 Å². The summed E-state index contributed by atoms with van der Waals surface area (Å²) in [6.07, 6.45) is 4.32. The van der Waals surface area contributed by atoms with E-state index < -0.39 is 17.5 Å². The maximum atomic E-state index is 13.2. The SMILES string of the molecule is COC(=O)Cc1ccc(-c2cc(C(CC(=O)NC(C)(C)C)NC(=O)/C=C/c3cc(Cl)ccc3-n3cnnn3)c(Cl)nn2)cc1. The Kier molecular flexibility index (Phi) is 10.4. The summed E-state index contributed by atoms with van der Waals surface area (Å²) in [6, 6.07) is 13.0. The number of tetrazole rings is 1. The average Bonchev–Trinajstić information content (AvgIpc) is 3.50. The number of amides is 2. The first-order valence-electron chi connectivity index (χ1n) is 13.4. The molecule has 2 amide bonds. The molecule has 44 heavy (non-hydrogen) atoms. The number of nitrogens with zero attached hydrogens (tertiary/aromatic N) is 6. The molecule has 0 fully saturated rings. The Bertz CT molecular complexity index is 1670. The summed E-state index contributed by atoms with van der Waals surface area (Å²) < 4.78 is 6.17. The highest BCUT2D eigenvalue weighted by Crippen LogP contribution is 2.28. The van der Waals surface area contributed by atoms with E-state index in [-0.39, 0.29) is 29.9 Å². The van der Waals surface area contributed by atoms with Gasteiger partial charge in [0.05, 0.1) is 37.4 Å². The van der Waals surface area contributed by atoms with Crippen LogP contribution in [0.5, 0.6) is 0 Å². The first kappa shape index (κ1) is 32.2. The minimum Gasteiger partial charge on any atom is -0.469 e. The minimum atomic E-state index is -0.854. The maximum Gasteiger partial charge on any atom is 0.309 e. The van der Waals surface area contributed by atoms with Gasteiger partial charge in [0.25, 0.3) is 0 Å². The normalized spacial score (nSPS) is 12.1. The Morgan fingerprint density at radius 2 is 1.80 bits per heavy atom. The third kappa shape index (κ3) is 8.91. The molecule has 12 nitrogen and oxygen atoms in total. The number of aromatic nitrogens is 6. The molecule has 0 aliphatic carbocycles. The van der Waals surface area contributed by atoms with Gasteiger partial charge < -0.3 is 15.4 Å². The van der Waals surface area contributed by atoms with Gasteiger partial charge in [-0.05, 0) is 67.1 Å². The molecular weight excluding hydrogens is 607 g/mol. The number of benzene rings is 2. The molecule has 0 aliphatic heterocycles. The third-order valence-corrected chi connectivity index (χ3v) is 6.73. The predicted octanol–water partition coefficient (Wildman–Crippen LogP) is 4.32. The summed E-state index contributed by atoms with van der Waals surface area (Å²) in [7, 11) is 1.33. The maximum absolute atomic E-state index is 13.2. The van der Waals surface area contributed by atoms with E-state index in [0.29, 0.717) is 33.1 Å². The van der Waals surface area contributed by atoms with E-state index in [1.165, 1.54) is 24.2 Å². The van der Waals surface area contributed by atoms with Gasteiger partial charge in [-0.3, -0.25) is 14.4 Å². The second-order valence-corrected chi connectivity index (χ2v) is 11.6. The Morgan fingerprint density at radius 3 is 2.45 bits per heavy atom. The van der Waals surface area contributed by atoms with Crippen molar-refractivity contribution in [3.8, 4) is 16.9 Å². The largest absolute Gasteiger partial charge is 0.469 e. The van der Waals surface area contributed by atoms with Crippen molar-refractivity contribution in [1.82, 2.24) is 41.0 Å². The van der Waals surface area contributed by atoms with E-state index in [1.54, 1.807) is 54.6 Å². The number of nitrogens with one attached hydrogen (secondary N) is 2. The van der Waals surface area contributed by atoms with Gasteiger partial charge in [-0.2, -0.15) is 4.68 Å². The summed E-state index contributed by atoms with van der Waals surface area (Å²) in [5, 5.41) is 25.8. The number of rotatable bonds is 10. The lowest BCUT2D eigenvalue weighted by Crippen LogP contribution is -2.42. The van der Waals surface area contributed by atoms with Crippen LogP contribution >= 0.6 is 23.2 Å². The van der Waals surface area contributed by atoms with Crippen molar-refractivity contribution in [2.24, 2.45) is 0 Å². The van der Waals surface area contributed by atoms with Crippen LogP contribution in [0.25, 0.3) is 23.0 Å². The zero-order valence-corrected chi connectivity index (χ0v) is 25.9. The quantitative estimate of drug-likeness (QED) is 0.191. The van der Waals surface area contributed by atoms with Crippen LogP contribution in [0, 0.1) is 0 Å². The van der Waals surface area contributed by atoms with Crippen LogP contribution in [0.15, 0.2) is 60.9 Å². The number of carbonyl (C=O) groups is 3. The third-order valence-electron chi connectivity index (χ3n) is 6.20. The van der Waals surface area contributed by atoms with Crippen LogP contribution in [0.1, 0.15) is 49.9 Å². The number of halogens is 2. The van der Waals surface area contributed by atoms with Crippen molar-refractivity contribution in [2.45, 2.75) is 45.2 Å². The number of methoxy groups -OCH3 is 1. The molecule has 0 spiro atoms. The monoisotopic (exact) mass is 636 g/mol. The smallest absolute Gasteiger partial charge is 0.309 e. The molecule has 1 atom stereocenters. The van der Waals surface area contributed by atoms with Crippen molar-refractivity contribution in [2.75, 3.05) is 7.11 Å². The fourth-order valence-electron chi connectivity index (χ4n) is 4.23. The Balaban J connectivity index is 1.62. The summed E-state index contributed by atoms with van der Waals surface area (Å²) in [4.78, 5) is 37.9. The first-order valence-corrected chi connectivity index (χ1v) is 14.2. The van der Waals surface area contributed by atoms with Gasteiger partial charge in [-0.1, -0.05) is 47.5 Å². The standard InChI is InChI=1S/C30H30Cl2N8O4/c1-30(2,3)35-27(42)16-24(34-26(41)12-9-20-14-21(31)10-11-25(20)40-17-33-38-39-40)22-15-23(36-37-29(22)32)19-7-5-18(6-8-19)13-28(43)44-4/h5-12,14-15,17,24H,13,16H2,1-4H3,(H,34,41)(H,35,42)/b12-9+. The summed E-state index contributed by atoms with van der Waals surface area (Å²) in [5.41, 5.74) is 3.02. The molecule has 0 saturated carbocycles. The Hall–Kier alpha value is -4.68. The van der Waals surface area contributed by atoms with Crippen molar-refractivity contribution >= 4 is 47.1 Å². The number of hydrogen-bond acceptors (Lipinski definition) is 9. The van der Waals surface area contributed by atoms with E-state index >= 15 is 0 Å². The van der Waals surface area contributed by atoms with Gasteiger partial charge in [0, 0.05) is 33.3 Å². The molecule has 2 heterocycles. The molecule has 0 radical (unpaired) electrons. The highest BCUT2D eigenvalue weighted by Gasteiger charge is 2.24. The van der Waals surface area contributed by atoms with Gasteiger partial charge in [-0.15, -0.1) is 15.3 Å². The number of esters is 1. The molecule has 4 aromatic rings. The Labute approximate surface area is 263 Å². The molecule has 2 aromatic heterocycles. The molecule has 14 heteroatoms. The number of hydrogen-bond donors (Lipinski definition) is 2. The van der Waals surface area contributed by atoms with Crippen LogP contribution in [0.2, 0.25) is 10.2 Å². The Morgan fingerprint density at radius 1 is 1.05 bits per heavy atom. The van der Waals surface area contributed by atoms with Gasteiger partial charge in [0.2, 0.25) is 11.8 Å². The average molecular weight is 638 g/mol. The zero-order valence-electron chi connectivity index (χ0n) is 24.4. The first-order chi connectivity index (χ1) is 20.9. The fraction of sp³-hybridized carbons (Fsp3) is 0.267. The lowest BCUT2D eigenvalue weighted by atomic mass is 10.0. The molecule has 4 rings (SSSR count). The van der Waals surface area contributed by atoms with E-state index in [4.69, 9.17) is 27.9 Å². The molecule has 0 saturated heterocycles. The van der Waals surface area contributed by atoms with Crippen LogP contribution in [0.3, 0.4) is 0 Å². The minimum absolute atomic E-state index is 0.0321. The van der Waals surface area contributed by atoms with E-state index in [2.05, 4.69) is 36.4 Å². The summed E-state index contributed by atoms with van der Waals surface area (Å²) in [5.74, 6) is -1.15. The highest BCUT2D eigenvalue weighted by atomic mass is 35.5. The van der Waals surface area contributed by atoms with Crippen LogP contribution in [0.4, 0.5) is 0 Å². The molecule has 2 aromatic carbocycles. The van der Waals surface area contributed by atoms with Crippen molar-refractivity contribution in [1.29, 1.82) is 0 Å². The van der Waals surface area contributed by atoms with Crippen molar-refractivity contribution < 1.29 is 19.1 Å². The fourth-order valence-corrected chi connectivity index (χ4v) is 4.63. The second kappa shape index (κ2) is 14.2. The lowest BCUT2D eigenvalue weighted by Gasteiger charge is -2.24. The van der Waals surface area contributed by atoms with Crippen LogP contribution < -0.4 is 10.6 Å². The van der Waals surface area contributed by atoms with Gasteiger partial charge >= 0.3 is 5.97 Å². The van der Waals surface area contributed by atoms with Crippen LogP contribution in [-0.2, 0) is 25.5 Å². The summed E-state index contributed by atoms with van der Waals surface area (Å²) in [6.45, 7) is 5.58. The van der Waals surface area contributed by atoms with E-state index in [1.807, 2.05) is 20.8 Å². The van der Waals surface area contributed by atoms with E-state index in [0.717, 1.165) is 5.56 Å². The molecule has 2 N–H and O–H groups in total. The summed E-state index contributed by atoms with van der Waals surface area (Å²) >= 11 is 12.7. The molecule has 228 valence electrons. The second-order valence-electron chi connectivity index (χ2n) is 10.8. The van der Waals surface area contributed by atoms with Crippen molar-refractivity contribution in [3.63, 3.8) is 0 Å². The zero-order chi connectivity index (χ0) is 31.9. The number of ether oxygens (including phenoxy) is 1. The lowest BCUT2D eigenvalue weighted by molar-refractivity contribution is -0.139. The molecular formula is C30H30Cl2N8O4. The predicted molar refractivity (Wildman–Crippen MR) is 165 cm³/mol. The van der Waals surface area contributed by atoms with Crippen LogP contribution in [-0.4, -0.2) is 60.8 Å². The topological polar surface area (TPSA) is 154 Å².